The fourth-order valence-corrected chi connectivity index (χ4v) is 3.93. The van der Waals surface area contributed by atoms with Gasteiger partial charge in [-0.25, -0.2) is 0 Å². The SMILES string of the molecule is Cc1noc(C)c1CN1CCOC[C@]2(CC[C@H](Cn3cccn3)O2)C1. The van der Waals surface area contributed by atoms with Gasteiger partial charge in [0.25, 0.3) is 0 Å². The summed E-state index contributed by atoms with van der Waals surface area (Å²) < 4.78 is 19.6. The van der Waals surface area contributed by atoms with Crippen LogP contribution in [-0.2, 0) is 22.6 Å². The highest BCUT2D eigenvalue weighted by Gasteiger charge is 2.43. The summed E-state index contributed by atoms with van der Waals surface area (Å²) in [6, 6.07) is 1.95. The molecule has 0 bridgehead atoms. The summed E-state index contributed by atoms with van der Waals surface area (Å²) in [6.45, 7) is 8.80. The lowest BCUT2D eigenvalue weighted by atomic mass is 9.99. The molecule has 2 aliphatic heterocycles. The summed E-state index contributed by atoms with van der Waals surface area (Å²) in [6.07, 6.45) is 6.06. The third-order valence-electron chi connectivity index (χ3n) is 5.28. The topological polar surface area (TPSA) is 65.5 Å². The first-order valence-electron chi connectivity index (χ1n) is 9.01. The van der Waals surface area contributed by atoms with E-state index in [0.29, 0.717) is 6.61 Å². The minimum atomic E-state index is -0.215. The molecule has 25 heavy (non-hydrogen) atoms. The Hall–Kier alpha value is -1.70. The van der Waals surface area contributed by atoms with E-state index in [0.717, 1.165) is 57.1 Å². The van der Waals surface area contributed by atoms with Crippen molar-refractivity contribution in [1.82, 2.24) is 19.8 Å². The van der Waals surface area contributed by atoms with Crippen molar-refractivity contribution in [3.8, 4) is 0 Å². The first-order valence-corrected chi connectivity index (χ1v) is 9.01. The van der Waals surface area contributed by atoms with Gasteiger partial charge in [-0.2, -0.15) is 5.10 Å². The molecule has 2 saturated heterocycles. The standard InChI is InChI=1S/C18H26N4O3/c1-14-17(15(2)25-20-14)11-21-8-9-23-13-18(12-21)5-4-16(24-18)10-22-7-3-6-19-22/h3,6-7,16H,4-5,8-13H2,1-2H3/t16-,18+/m1/s1. The van der Waals surface area contributed by atoms with E-state index < -0.39 is 0 Å². The second-order valence-corrected chi connectivity index (χ2v) is 7.26. The fourth-order valence-electron chi connectivity index (χ4n) is 3.93. The van der Waals surface area contributed by atoms with Gasteiger partial charge in [-0.3, -0.25) is 9.58 Å². The molecule has 0 radical (unpaired) electrons. The lowest BCUT2D eigenvalue weighted by molar-refractivity contribution is -0.0905. The zero-order valence-electron chi connectivity index (χ0n) is 15.0. The number of hydrogen-bond acceptors (Lipinski definition) is 6. The number of aromatic nitrogens is 3. The van der Waals surface area contributed by atoms with Crippen LogP contribution in [0.15, 0.2) is 23.0 Å². The molecule has 2 aromatic rings. The average molecular weight is 346 g/mol. The van der Waals surface area contributed by atoms with Crippen LogP contribution in [-0.4, -0.2) is 57.8 Å². The van der Waals surface area contributed by atoms with Crippen molar-refractivity contribution in [2.45, 2.75) is 51.5 Å². The van der Waals surface area contributed by atoms with Gasteiger partial charge in [0.2, 0.25) is 0 Å². The molecule has 136 valence electrons. The van der Waals surface area contributed by atoms with Crippen LogP contribution < -0.4 is 0 Å². The minimum absolute atomic E-state index is 0.197. The maximum Gasteiger partial charge on any atom is 0.138 e. The molecule has 0 aromatic carbocycles. The molecule has 4 heterocycles. The predicted molar refractivity (Wildman–Crippen MR) is 91.1 cm³/mol. The smallest absolute Gasteiger partial charge is 0.138 e. The molecule has 2 aliphatic rings. The first kappa shape index (κ1) is 16.8. The average Bonchev–Trinajstić information content (AvgIpc) is 3.27. The molecule has 7 heteroatoms. The van der Waals surface area contributed by atoms with Crippen LogP contribution in [0.5, 0.6) is 0 Å². The van der Waals surface area contributed by atoms with Gasteiger partial charge in [0.15, 0.2) is 0 Å². The van der Waals surface area contributed by atoms with Crippen molar-refractivity contribution < 1.29 is 14.0 Å². The molecule has 1 spiro atoms. The van der Waals surface area contributed by atoms with E-state index >= 15 is 0 Å². The van der Waals surface area contributed by atoms with Crippen molar-refractivity contribution in [1.29, 1.82) is 0 Å². The Bertz CT molecular complexity index is 680. The number of nitrogens with zero attached hydrogens (tertiary/aromatic N) is 4. The molecule has 4 rings (SSSR count). The quantitative estimate of drug-likeness (QED) is 0.843. The van der Waals surface area contributed by atoms with Crippen LogP contribution >= 0.6 is 0 Å². The molecule has 0 amide bonds. The van der Waals surface area contributed by atoms with Crippen molar-refractivity contribution in [2.24, 2.45) is 0 Å². The van der Waals surface area contributed by atoms with Crippen molar-refractivity contribution in [3.05, 3.63) is 35.5 Å². The van der Waals surface area contributed by atoms with Gasteiger partial charge in [0.05, 0.1) is 31.6 Å². The van der Waals surface area contributed by atoms with Gasteiger partial charge in [-0.1, -0.05) is 5.16 Å². The number of aryl methyl sites for hydroxylation is 2. The van der Waals surface area contributed by atoms with Crippen molar-refractivity contribution in [2.75, 3.05) is 26.3 Å². The van der Waals surface area contributed by atoms with Gasteiger partial charge in [-0.05, 0) is 32.8 Å². The van der Waals surface area contributed by atoms with Gasteiger partial charge in [-0.15, -0.1) is 0 Å². The molecule has 0 aliphatic carbocycles. The maximum atomic E-state index is 6.49. The van der Waals surface area contributed by atoms with Gasteiger partial charge in [0.1, 0.15) is 11.4 Å². The highest BCUT2D eigenvalue weighted by Crippen LogP contribution is 2.34. The van der Waals surface area contributed by atoms with Gasteiger partial charge < -0.3 is 14.0 Å². The molecule has 0 saturated carbocycles. The molecule has 0 unspecified atom stereocenters. The van der Waals surface area contributed by atoms with Crippen LogP contribution in [0.1, 0.15) is 29.9 Å². The van der Waals surface area contributed by atoms with Gasteiger partial charge in [0, 0.05) is 37.6 Å². The number of ether oxygens (including phenoxy) is 2. The molecule has 2 aromatic heterocycles. The Morgan fingerprint density at radius 3 is 3.04 bits per heavy atom. The van der Waals surface area contributed by atoms with E-state index in [4.69, 9.17) is 14.0 Å². The lowest BCUT2D eigenvalue weighted by Crippen LogP contribution is -2.44. The Balaban J connectivity index is 1.43. The Morgan fingerprint density at radius 2 is 2.28 bits per heavy atom. The monoisotopic (exact) mass is 346 g/mol. The van der Waals surface area contributed by atoms with Crippen molar-refractivity contribution >= 4 is 0 Å². The van der Waals surface area contributed by atoms with E-state index in [2.05, 4.69) is 15.2 Å². The summed E-state index contributed by atoms with van der Waals surface area (Å²) >= 11 is 0. The summed E-state index contributed by atoms with van der Waals surface area (Å²) in [4.78, 5) is 2.41. The molecular formula is C18H26N4O3. The summed E-state index contributed by atoms with van der Waals surface area (Å²) in [5.41, 5.74) is 1.94. The summed E-state index contributed by atoms with van der Waals surface area (Å²) in [7, 11) is 0. The lowest BCUT2D eigenvalue weighted by Gasteiger charge is -2.32. The third-order valence-corrected chi connectivity index (χ3v) is 5.28. The third kappa shape index (κ3) is 3.63. The van der Waals surface area contributed by atoms with Crippen LogP contribution in [0.3, 0.4) is 0 Å². The Kier molecular flexibility index (Phi) is 4.62. The van der Waals surface area contributed by atoms with Gasteiger partial charge >= 0.3 is 0 Å². The minimum Gasteiger partial charge on any atom is -0.377 e. The van der Waals surface area contributed by atoms with E-state index in [-0.39, 0.29) is 11.7 Å². The normalized spacial score (nSPS) is 27.8. The summed E-state index contributed by atoms with van der Waals surface area (Å²) in [5.74, 6) is 0.903. The predicted octanol–water partition coefficient (Wildman–Crippen LogP) is 1.94. The molecule has 2 atom stereocenters. The molecule has 0 N–H and O–H groups in total. The van der Waals surface area contributed by atoms with Crippen LogP contribution in [0.4, 0.5) is 0 Å². The second-order valence-electron chi connectivity index (χ2n) is 7.26. The molecular weight excluding hydrogens is 320 g/mol. The Morgan fingerprint density at radius 1 is 1.36 bits per heavy atom. The van der Waals surface area contributed by atoms with Crippen LogP contribution in [0.25, 0.3) is 0 Å². The maximum absolute atomic E-state index is 6.49. The largest absolute Gasteiger partial charge is 0.377 e. The molecule has 7 nitrogen and oxygen atoms in total. The molecule has 2 fully saturated rings. The van der Waals surface area contributed by atoms with Crippen LogP contribution in [0.2, 0.25) is 0 Å². The van der Waals surface area contributed by atoms with E-state index in [1.165, 1.54) is 5.56 Å². The highest BCUT2D eigenvalue weighted by atomic mass is 16.6. The second kappa shape index (κ2) is 6.90. The number of hydrogen-bond donors (Lipinski definition) is 0. The zero-order chi connectivity index (χ0) is 17.3. The van der Waals surface area contributed by atoms with E-state index in [1.807, 2.05) is 37.0 Å². The van der Waals surface area contributed by atoms with Crippen molar-refractivity contribution in [3.63, 3.8) is 0 Å². The van der Waals surface area contributed by atoms with E-state index in [9.17, 15) is 0 Å². The summed E-state index contributed by atoms with van der Waals surface area (Å²) in [5, 5.41) is 8.37. The Labute approximate surface area is 147 Å². The van der Waals surface area contributed by atoms with E-state index in [1.54, 1.807) is 0 Å². The zero-order valence-corrected chi connectivity index (χ0v) is 15.0. The highest BCUT2D eigenvalue weighted by molar-refractivity contribution is 5.20. The number of rotatable bonds is 4. The first-order chi connectivity index (χ1) is 12.1. The fraction of sp³-hybridized carbons (Fsp3) is 0.667. The van der Waals surface area contributed by atoms with Crippen LogP contribution in [0, 0.1) is 13.8 Å².